The molecule has 0 aromatic heterocycles. The van der Waals surface area contributed by atoms with E-state index in [0.717, 1.165) is 64.2 Å². The SMILES string of the molecule is O=C(O)C(=O)O.O=C(O)C(=O)O.O=C(O)C(=O)O.O=C(O)C(=O)O.O=C(O)C(=O)O.[NH-][C@@H]1CCCC[C@H]1[NH-].[NH-][C@@H]1CCCC[C@H]1[NH-].[NH-][C@@H]1CCCC[C@H]1[NH-].[NH-][C@@H]1CCCC[C@H]1[NH-].[NH-][C@@H]1CCCC[C@H]1[NH-].[Pt+2].[Pt+2].[Pt+2].[Pt+2].[Pt+2]. The van der Waals surface area contributed by atoms with Gasteiger partial charge in [0, 0.05) is 0 Å². The Bertz CT molecular complexity index is 1210. The molecule has 0 heterocycles. The third-order valence-electron chi connectivity index (χ3n) is 9.74. The van der Waals surface area contributed by atoms with Gasteiger partial charge in [-0.15, -0.1) is 0 Å². The molecule has 20 N–H and O–H groups in total. The molecule has 5 aliphatic carbocycles. The van der Waals surface area contributed by atoms with Crippen LogP contribution in [0.15, 0.2) is 0 Å². The van der Waals surface area contributed by atoms with Crippen molar-refractivity contribution in [3.8, 4) is 0 Å². The third-order valence-corrected chi connectivity index (χ3v) is 9.74. The Labute approximate surface area is 506 Å². The number of carbonyl (C=O) groups is 10. The molecule has 450 valence electrons. The smallest absolute Gasteiger partial charge is 0.676 e. The Morgan fingerprint density at radius 1 is 0.187 bits per heavy atom. The van der Waals surface area contributed by atoms with Crippen LogP contribution in [0.25, 0.3) is 57.3 Å². The summed E-state index contributed by atoms with van der Waals surface area (Å²) in [5, 5.41) is 73.9. The molecule has 0 bridgehead atoms. The zero-order valence-electron chi connectivity index (χ0n) is 40.1. The maximum absolute atomic E-state index is 9.10. The maximum Gasteiger partial charge on any atom is 2.00 e. The zero-order chi connectivity index (χ0) is 55.7. The van der Waals surface area contributed by atoms with E-state index >= 15 is 0 Å². The van der Waals surface area contributed by atoms with Gasteiger partial charge >= 0.3 is 165 Å². The second-order valence-electron chi connectivity index (χ2n) is 15.5. The van der Waals surface area contributed by atoms with Crippen molar-refractivity contribution in [2.24, 2.45) is 0 Å². The van der Waals surface area contributed by atoms with Crippen LogP contribution in [-0.2, 0) is 153 Å². The number of carboxylic acid groups (broad SMARTS) is 10. The Morgan fingerprint density at radius 2 is 0.240 bits per heavy atom. The summed E-state index contributed by atoms with van der Waals surface area (Å²) in [4.78, 5) is 91.0. The van der Waals surface area contributed by atoms with Crippen molar-refractivity contribution in [1.82, 2.24) is 0 Å². The van der Waals surface area contributed by atoms with Crippen molar-refractivity contribution in [3.63, 3.8) is 0 Å². The number of carboxylic acids is 10. The summed E-state index contributed by atoms with van der Waals surface area (Å²) < 4.78 is 0. The van der Waals surface area contributed by atoms with Gasteiger partial charge in [-0.1, -0.05) is 128 Å². The van der Waals surface area contributed by atoms with E-state index in [1.165, 1.54) is 64.2 Å². The predicted octanol–water partition coefficient (Wildman–Crippen LogP) is 7.78. The van der Waals surface area contributed by atoms with Crippen molar-refractivity contribution in [3.05, 3.63) is 57.3 Å². The molecule has 0 saturated heterocycles. The first kappa shape index (κ1) is 95.1. The molecule has 5 saturated carbocycles. The van der Waals surface area contributed by atoms with Crippen molar-refractivity contribution >= 4 is 59.7 Å². The third kappa shape index (κ3) is 65.9. The summed E-state index contributed by atoms with van der Waals surface area (Å²) in [6.07, 6.45) is 21.2. The van der Waals surface area contributed by atoms with Crippen molar-refractivity contribution in [2.75, 3.05) is 0 Å². The molecular formula is C40H70N10O20Pt5. The fraction of sp³-hybridized carbons (Fsp3) is 0.750. The van der Waals surface area contributed by atoms with Crippen molar-refractivity contribution in [1.29, 1.82) is 0 Å². The van der Waals surface area contributed by atoms with Crippen molar-refractivity contribution in [2.45, 2.75) is 189 Å². The predicted molar refractivity (Wildman–Crippen MR) is 250 cm³/mol. The Kier molecular flexibility index (Phi) is 75.3. The van der Waals surface area contributed by atoms with Gasteiger partial charge in [-0.05, 0) is 0 Å². The van der Waals surface area contributed by atoms with Crippen LogP contribution in [0.5, 0.6) is 0 Å². The van der Waals surface area contributed by atoms with E-state index in [2.05, 4.69) is 0 Å². The average molecular weight is 1990 g/mol. The standard InChI is InChI=1S/5C6H12N2.5C2H2O4.5Pt/c5*7-5-3-1-2-4-6(5)8;5*3-1(4)2(5)6;;;;;/h5*5-8H,1-4H2;5*(H,3,4)(H,5,6);;;;;/q5*-2;;;;;;5*+2/t5*5-,6-;;;;;;;;;;/m11111........../s1. The fourth-order valence-electron chi connectivity index (χ4n) is 5.65. The molecule has 0 unspecified atom stereocenters. The number of hydrogen-bond donors (Lipinski definition) is 10. The molecule has 0 spiro atoms. The van der Waals surface area contributed by atoms with Gasteiger partial charge < -0.3 is 108 Å². The van der Waals surface area contributed by atoms with Gasteiger partial charge in [-0.2, -0.15) is 60.4 Å². The van der Waals surface area contributed by atoms with E-state index in [9.17, 15) is 0 Å². The van der Waals surface area contributed by atoms with Gasteiger partial charge in [0.2, 0.25) is 0 Å². The first-order valence-corrected chi connectivity index (χ1v) is 21.7. The van der Waals surface area contributed by atoms with Crippen LogP contribution in [0.1, 0.15) is 128 Å². The zero-order valence-corrected chi connectivity index (χ0v) is 51.4. The summed E-state index contributed by atoms with van der Waals surface area (Å²) in [5.41, 5.74) is 72.9. The average Bonchev–Trinajstić information content (AvgIpc) is 3.28. The molecule has 0 amide bonds. The van der Waals surface area contributed by atoms with E-state index in [1.54, 1.807) is 0 Å². The molecular weight excluding hydrogens is 1920 g/mol. The van der Waals surface area contributed by atoms with Gasteiger partial charge in [0.25, 0.3) is 0 Å². The molecule has 35 heteroatoms. The molecule has 5 fully saturated rings. The minimum Gasteiger partial charge on any atom is -0.676 e. The second kappa shape index (κ2) is 59.4. The number of nitrogens with one attached hydrogen (secondary N) is 10. The molecule has 5 aliphatic rings. The van der Waals surface area contributed by atoms with Gasteiger partial charge in [0.05, 0.1) is 0 Å². The van der Waals surface area contributed by atoms with Gasteiger partial charge in [-0.3, -0.25) is 0 Å². The number of hydrogen-bond acceptors (Lipinski definition) is 10. The van der Waals surface area contributed by atoms with Crippen LogP contribution < -0.4 is 0 Å². The second-order valence-corrected chi connectivity index (χ2v) is 15.5. The van der Waals surface area contributed by atoms with Crippen LogP contribution in [0, 0.1) is 0 Å². The molecule has 0 aliphatic heterocycles. The van der Waals surface area contributed by atoms with Crippen LogP contribution in [0.3, 0.4) is 0 Å². The largest absolute Gasteiger partial charge is 2.00 e. The summed E-state index contributed by atoms with van der Waals surface area (Å²) >= 11 is 0. The molecule has 10 atom stereocenters. The Hall–Kier alpha value is -2.26. The Morgan fingerprint density at radius 3 is 0.267 bits per heavy atom. The van der Waals surface area contributed by atoms with E-state index in [0.29, 0.717) is 0 Å². The molecule has 30 nitrogen and oxygen atoms in total. The van der Waals surface area contributed by atoms with Gasteiger partial charge in [-0.25, -0.2) is 47.9 Å². The minimum atomic E-state index is -1.82. The molecule has 75 heavy (non-hydrogen) atoms. The van der Waals surface area contributed by atoms with E-state index < -0.39 is 59.7 Å². The topological polar surface area (TPSA) is 611 Å². The fourth-order valence-corrected chi connectivity index (χ4v) is 5.65. The molecule has 0 radical (unpaired) electrons. The molecule has 5 rings (SSSR count). The van der Waals surface area contributed by atoms with Gasteiger partial charge in [0.15, 0.2) is 0 Å². The number of rotatable bonds is 0. The first-order valence-electron chi connectivity index (χ1n) is 21.7. The van der Waals surface area contributed by atoms with E-state index in [4.69, 9.17) is 156 Å². The summed E-state index contributed by atoms with van der Waals surface area (Å²) in [6.45, 7) is 0. The Balaban J connectivity index is -0.0000000779. The van der Waals surface area contributed by atoms with Crippen LogP contribution in [-0.4, -0.2) is 171 Å². The summed E-state index contributed by atoms with van der Waals surface area (Å²) in [5.74, 6) is -18.2. The van der Waals surface area contributed by atoms with Crippen LogP contribution >= 0.6 is 0 Å². The summed E-state index contributed by atoms with van der Waals surface area (Å²) in [6, 6.07) is -0.799. The normalized spacial score (nSPS) is 24.1. The van der Waals surface area contributed by atoms with Gasteiger partial charge in [0.1, 0.15) is 0 Å². The van der Waals surface area contributed by atoms with E-state index in [1.807, 2.05) is 0 Å². The van der Waals surface area contributed by atoms with Crippen molar-refractivity contribution < 1.29 is 204 Å². The summed E-state index contributed by atoms with van der Waals surface area (Å²) in [7, 11) is 0. The van der Waals surface area contributed by atoms with E-state index in [-0.39, 0.29) is 166 Å². The minimum absolute atomic E-state index is 0. The first-order chi connectivity index (χ1) is 32.2. The van der Waals surface area contributed by atoms with Crippen LogP contribution in [0.4, 0.5) is 0 Å². The van der Waals surface area contributed by atoms with Crippen LogP contribution in [0.2, 0.25) is 0 Å². The quantitative estimate of drug-likeness (QED) is 0.103. The monoisotopic (exact) mass is 1990 g/mol. The molecule has 0 aromatic rings. The number of aliphatic carboxylic acids is 10. The molecule has 0 aromatic carbocycles. The maximum atomic E-state index is 9.10.